The van der Waals surface area contributed by atoms with Crippen molar-refractivity contribution in [2.75, 3.05) is 20.2 Å². The number of hydrogen-bond donors (Lipinski definition) is 1. The lowest BCUT2D eigenvalue weighted by atomic mass is 9.98. The van der Waals surface area contributed by atoms with Gasteiger partial charge in [-0.05, 0) is 44.2 Å². The molecular formula is C17H27NO2. The summed E-state index contributed by atoms with van der Waals surface area (Å²) in [7, 11) is 1.80. The summed E-state index contributed by atoms with van der Waals surface area (Å²) in [5.74, 6) is 0. The zero-order valence-corrected chi connectivity index (χ0v) is 12.9. The monoisotopic (exact) mass is 277 g/mol. The highest BCUT2D eigenvalue weighted by Crippen LogP contribution is 2.17. The molecule has 1 N–H and O–H groups in total. The Balaban J connectivity index is 1.83. The van der Waals surface area contributed by atoms with E-state index in [9.17, 15) is 5.11 Å². The van der Waals surface area contributed by atoms with Crippen molar-refractivity contribution in [1.29, 1.82) is 0 Å². The van der Waals surface area contributed by atoms with Crippen molar-refractivity contribution < 1.29 is 9.84 Å². The average molecular weight is 277 g/mol. The highest BCUT2D eigenvalue weighted by Gasteiger charge is 2.21. The summed E-state index contributed by atoms with van der Waals surface area (Å²) in [6.45, 7) is 6.89. The number of benzene rings is 1. The van der Waals surface area contributed by atoms with Gasteiger partial charge in [-0.2, -0.15) is 0 Å². The number of aryl methyl sites for hydroxylation is 1. The van der Waals surface area contributed by atoms with Crippen molar-refractivity contribution in [3.8, 4) is 0 Å². The van der Waals surface area contributed by atoms with Crippen LogP contribution in [0.15, 0.2) is 24.3 Å². The van der Waals surface area contributed by atoms with Crippen LogP contribution in [-0.4, -0.2) is 41.9 Å². The second kappa shape index (κ2) is 6.70. The van der Waals surface area contributed by atoms with Crippen LogP contribution >= 0.6 is 0 Å². The molecule has 3 nitrogen and oxygen atoms in total. The van der Waals surface area contributed by atoms with Gasteiger partial charge in [-0.15, -0.1) is 0 Å². The van der Waals surface area contributed by atoms with Gasteiger partial charge in [0.2, 0.25) is 0 Å². The molecule has 0 aliphatic carbocycles. The number of aliphatic hydroxyl groups is 1. The summed E-state index contributed by atoms with van der Waals surface area (Å²) in [5.41, 5.74) is 2.07. The molecule has 1 aromatic rings. The smallest absolute Gasteiger partial charge is 0.0710 e. The number of ether oxygens (including phenoxy) is 1. The van der Waals surface area contributed by atoms with Gasteiger partial charge in [0.05, 0.1) is 11.7 Å². The number of hydrogen-bond acceptors (Lipinski definition) is 3. The summed E-state index contributed by atoms with van der Waals surface area (Å²) in [4.78, 5) is 2.44. The number of nitrogens with zero attached hydrogens (tertiary/aromatic N) is 1. The molecule has 0 saturated carbocycles. The van der Waals surface area contributed by atoms with Crippen molar-refractivity contribution in [3.05, 3.63) is 35.4 Å². The normalized spacial score (nSPS) is 20.5. The van der Waals surface area contributed by atoms with Crippen LogP contribution in [0.1, 0.15) is 37.8 Å². The number of rotatable bonds is 6. The first kappa shape index (κ1) is 15.5. The van der Waals surface area contributed by atoms with Crippen LogP contribution in [0.2, 0.25) is 0 Å². The van der Waals surface area contributed by atoms with Crippen LogP contribution in [0, 0.1) is 0 Å². The molecule has 1 fully saturated rings. The molecule has 20 heavy (non-hydrogen) atoms. The van der Waals surface area contributed by atoms with Gasteiger partial charge < -0.3 is 9.84 Å². The molecule has 0 spiro atoms. The van der Waals surface area contributed by atoms with E-state index in [1.54, 1.807) is 7.11 Å². The van der Waals surface area contributed by atoms with E-state index in [2.05, 4.69) is 29.2 Å². The zero-order chi connectivity index (χ0) is 14.6. The molecule has 1 atom stereocenters. The van der Waals surface area contributed by atoms with Gasteiger partial charge in [0.1, 0.15) is 0 Å². The van der Waals surface area contributed by atoms with E-state index in [0.29, 0.717) is 6.10 Å². The standard InChI is InChI=1S/C17H27NO2/c1-17(2,19)10-8-14-4-6-15(7-5-14)12-18-11-9-16(13-18)20-3/h4-7,16,19H,8-13H2,1-3H3/t16-/m0/s1. The second-order valence-electron chi connectivity index (χ2n) is 6.51. The Morgan fingerprint density at radius 3 is 2.45 bits per heavy atom. The van der Waals surface area contributed by atoms with Crippen molar-refractivity contribution in [2.24, 2.45) is 0 Å². The third-order valence-electron chi connectivity index (χ3n) is 4.02. The summed E-state index contributed by atoms with van der Waals surface area (Å²) < 4.78 is 5.40. The molecule has 1 aliphatic rings. The van der Waals surface area contributed by atoms with E-state index < -0.39 is 5.60 Å². The third-order valence-corrected chi connectivity index (χ3v) is 4.02. The Hall–Kier alpha value is -0.900. The lowest BCUT2D eigenvalue weighted by molar-refractivity contribution is 0.0714. The molecule has 0 bridgehead atoms. The van der Waals surface area contributed by atoms with Crippen LogP contribution < -0.4 is 0 Å². The molecule has 0 unspecified atom stereocenters. The maximum absolute atomic E-state index is 9.75. The number of likely N-dealkylation sites (tertiary alicyclic amines) is 1. The summed E-state index contributed by atoms with van der Waals surface area (Å²) in [6, 6.07) is 8.79. The minimum Gasteiger partial charge on any atom is -0.390 e. The van der Waals surface area contributed by atoms with E-state index in [1.165, 1.54) is 11.1 Å². The van der Waals surface area contributed by atoms with E-state index >= 15 is 0 Å². The Bertz CT molecular complexity index is 408. The second-order valence-corrected chi connectivity index (χ2v) is 6.51. The molecule has 1 aromatic carbocycles. The minimum atomic E-state index is -0.580. The van der Waals surface area contributed by atoms with E-state index in [1.807, 2.05) is 13.8 Å². The van der Waals surface area contributed by atoms with Gasteiger partial charge >= 0.3 is 0 Å². The topological polar surface area (TPSA) is 32.7 Å². The molecule has 1 heterocycles. The minimum absolute atomic E-state index is 0.404. The van der Waals surface area contributed by atoms with Crippen LogP contribution in [0.5, 0.6) is 0 Å². The predicted octanol–water partition coefficient (Wildman–Crippen LogP) is 2.61. The molecule has 3 heteroatoms. The summed E-state index contributed by atoms with van der Waals surface area (Å²) >= 11 is 0. The Kier molecular flexibility index (Phi) is 5.19. The molecule has 1 aliphatic heterocycles. The first-order chi connectivity index (χ1) is 9.46. The van der Waals surface area contributed by atoms with E-state index in [-0.39, 0.29) is 0 Å². The van der Waals surface area contributed by atoms with Gasteiger partial charge in [-0.3, -0.25) is 4.90 Å². The fourth-order valence-corrected chi connectivity index (χ4v) is 2.65. The average Bonchev–Trinajstić information content (AvgIpc) is 2.85. The van der Waals surface area contributed by atoms with Gasteiger partial charge in [-0.25, -0.2) is 0 Å². The molecular weight excluding hydrogens is 250 g/mol. The summed E-state index contributed by atoms with van der Waals surface area (Å²) in [5, 5.41) is 9.75. The molecule has 0 amide bonds. The maximum atomic E-state index is 9.75. The Morgan fingerprint density at radius 2 is 1.90 bits per heavy atom. The van der Waals surface area contributed by atoms with Crippen LogP contribution in [0.4, 0.5) is 0 Å². The molecule has 0 aromatic heterocycles. The first-order valence-corrected chi connectivity index (χ1v) is 7.51. The molecule has 0 radical (unpaired) electrons. The maximum Gasteiger partial charge on any atom is 0.0710 e. The van der Waals surface area contributed by atoms with E-state index in [4.69, 9.17) is 4.74 Å². The zero-order valence-electron chi connectivity index (χ0n) is 12.9. The molecule has 1 saturated heterocycles. The highest BCUT2D eigenvalue weighted by atomic mass is 16.5. The van der Waals surface area contributed by atoms with Crippen LogP contribution in [0.3, 0.4) is 0 Å². The third kappa shape index (κ3) is 4.89. The van der Waals surface area contributed by atoms with Crippen LogP contribution in [-0.2, 0) is 17.7 Å². The van der Waals surface area contributed by atoms with Gasteiger partial charge in [-0.1, -0.05) is 24.3 Å². The Labute approximate surface area is 122 Å². The van der Waals surface area contributed by atoms with Crippen molar-refractivity contribution >= 4 is 0 Å². The van der Waals surface area contributed by atoms with Crippen LogP contribution in [0.25, 0.3) is 0 Å². The lowest BCUT2D eigenvalue weighted by Crippen LogP contribution is -2.22. The number of methoxy groups -OCH3 is 1. The lowest BCUT2D eigenvalue weighted by Gasteiger charge is -2.17. The van der Waals surface area contributed by atoms with Gasteiger partial charge in [0.15, 0.2) is 0 Å². The van der Waals surface area contributed by atoms with Crippen molar-refractivity contribution in [3.63, 3.8) is 0 Å². The molecule has 112 valence electrons. The Morgan fingerprint density at radius 1 is 1.25 bits per heavy atom. The fraction of sp³-hybridized carbons (Fsp3) is 0.647. The van der Waals surface area contributed by atoms with E-state index in [0.717, 1.165) is 38.9 Å². The van der Waals surface area contributed by atoms with Crippen molar-refractivity contribution in [2.45, 2.75) is 51.4 Å². The summed E-state index contributed by atoms with van der Waals surface area (Å²) in [6.07, 6.45) is 3.27. The van der Waals surface area contributed by atoms with Gasteiger partial charge in [0, 0.05) is 26.7 Å². The largest absolute Gasteiger partial charge is 0.390 e. The SMILES string of the molecule is CO[C@H]1CCN(Cc2ccc(CCC(C)(C)O)cc2)C1. The predicted molar refractivity (Wildman–Crippen MR) is 81.8 cm³/mol. The fourth-order valence-electron chi connectivity index (χ4n) is 2.65. The van der Waals surface area contributed by atoms with Gasteiger partial charge in [0.25, 0.3) is 0 Å². The van der Waals surface area contributed by atoms with Crippen molar-refractivity contribution in [1.82, 2.24) is 4.90 Å². The molecule has 2 rings (SSSR count). The quantitative estimate of drug-likeness (QED) is 0.867. The first-order valence-electron chi connectivity index (χ1n) is 7.51. The highest BCUT2D eigenvalue weighted by molar-refractivity contribution is 5.23.